The molecule has 0 saturated heterocycles. The van der Waals surface area contributed by atoms with Crippen LogP contribution in [0.1, 0.15) is 12.8 Å². The van der Waals surface area contributed by atoms with Crippen LogP contribution < -0.4 is 16.4 Å². The van der Waals surface area contributed by atoms with Crippen molar-refractivity contribution in [3.8, 4) is 0 Å². The van der Waals surface area contributed by atoms with Crippen LogP contribution in [-0.2, 0) is 32.7 Å². The quantitative estimate of drug-likeness (QED) is 0.409. The van der Waals surface area contributed by atoms with Crippen LogP contribution in [0.25, 0.3) is 0 Å². The van der Waals surface area contributed by atoms with E-state index in [0.717, 1.165) is 45.6 Å². The molecule has 68 valence electrons. The first-order chi connectivity index (χ1) is 5.41. The van der Waals surface area contributed by atoms with E-state index in [-0.39, 0.29) is 32.7 Å². The maximum absolute atomic E-state index is 5.33. The van der Waals surface area contributed by atoms with E-state index in [1.807, 2.05) is 0 Å². The van der Waals surface area contributed by atoms with E-state index in [1.54, 1.807) is 0 Å². The predicted octanol–water partition coefficient (Wildman–Crippen LogP) is -0.264. The second kappa shape index (κ2) is 14.5. The molecule has 0 aliphatic rings. The van der Waals surface area contributed by atoms with Gasteiger partial charge in [0.15, 0.2) is 0 Å². The molecular weight excluding hydrogens is 227 g/mol. The van der Waals surface area contributed by atoms with Crippen LogP contribution in [-0.4, -0.2) is 32.7 Å². The number of hydrogen-bond acceptors (Lipinski definition) is 3. The Morgan fingerprint density at radius 1 is 1.00 bits per heavy atom. The van der Waals surface area contributed by atoms with E-state index in [4.69, 9.17) is 5.73 Å². The molecule has 0 aromatic carbocycles. The van der Waals surface area contributed by atoms with Gasteiger partial charge in [-0.2, -0.15) is 6.42 Å². The van der Waals surface area contributed by atoms with Crippen LogP contribution in [0.15, 0.2) is 0 Å². The van der Waals surface area contributed by atoms with Gasteiger partial charge in [-0.1, -0.05) is 0 Å². The Hall–Kier alpha value is 0.984. The molecule has 3 nitrogen and oxygen atoms in total. The molecule has 0 aliphatic heterocycles. The summed E-state index contributed by atoms with van der Waals surface area (Å²) in [5, 5.41) is 6.54. The molecule has 0 radical (unpaired) electrons. The molecule has 12 heavy (non-hydrogen) atoms. The molecule has 4 heteroatoms. The van der Waals surface area contributed by atoms with Crippen LogP contribution in [0.5, 0.6) is 0 Å². The van der Waals surface area contributed by atoms with Gasteiger partial charge in [0.25, 0.3) is 0 Å². The predicted molar refractivity (Wildman–Crippen MR) is 49.4 cm³/mol. The van der Waals surface area contributed by atoms with Crippen LogP contribution >= 0.6 is 0 Å². The van der Waals surface area contributed by atoms with Gasteiger partial charge in [-0.05, 0) is 26.1 Å². The molecule has 0 heterocycles. The van der Waals surface area contributed by atoms with Crippen LogP contribution in [0.4, 0.5) is 0 Å². The minimum atomic E-state index is 0. The average molecular weight is 247 g/mol. The second-order valence-electron chi connectivity index (χ2n) is 2.50. The van der Waals surface area contributed by atoms with Crippen molar-refractivity contribution in [2.24, 2.45) is 5.73 Å². The molecule has 0 atom stereocenters. The van der Waals surface area contributed by atoms with Crippen LogP contribution in [0.3, 0.4) is 0 Å². The van der Waals surface area contributed by atoms with Crippen molar-refractivity contribution in [2.75, 3.05) is 32.7 Å². The van der Waals surface area contributed by atoms with Crippen molar-refractivity contribution in [2.45, 2.75) is 12.8 Å². The average Bonchev–Trinajstić information content (AvgIpc) is 2.03. The van der Waals surface area contributed by atoms with E-state index in [1.165, 1.54) is 0 Å². The minimum absolute atomic E-state index is 0. The Morgan fingerprint density at radius 3 is 2.08 bits per heavy atom. The zero-order valence-corrected chi connectivity index (χ0v) is 10.6. The van der Waals surface area contributed by atoms with Gasteiger partial charge in [0.1, 0.15) is 0 Å². The molecule has 0 amide bonds. The fourth-order valence-electron chi connectivity index (χ4n) is 0.779. The number of nitrogens with one attached hydrogen (secondary N) is 2. The van der Waals surface area contributed by atoms with Crippen molar-refractivity contribution in [3.05, 3.63) is 6.92 Å². The van der Waals surface area contributed by atoms with Gasteiger partial charge in [-0.15, -0.1) is 0 Å². The van der Waals surface area contributed by atoms with E-state index in [0.29, 0.717) is 0 Å². The monoisotopic (exact) mass is 247 g/mol. The fourth-order valence-corrected chi connectivity index (χ4v) is 0.779. The largest absolute Gasteiger partial charge is 3.00 e. The third-order valence-electron chi connectivity index (χ3n) is 1.39. The van der Waals surface area contributed by atoms with E-state index in [2.05, 4.69) is 17.6 Å². The maximum atomic E-state index is 5.33. The maximum Gasteiger partial charge on any atom is 3.00 e. The molecule has 0 saturated carbocycles. The van der Waals surface area contributed by atoms with Crippen molar-refractivity contribution < 1.29 is 32.7 Å². The van der Waals surface area contributed by atoms with Gasteiger partial charge in [-0.25, -0.2) is 0 Å². The molecule has 0 aliphatic carbocycles. The summed E-state index contributed by atoms with van der Waals surface area (Å²) in [6, 6.07) is 0. The standard InChI is InChI=1S/C8H20N3.Y/c1-2-5-10-7-8-11-6-3-4-9;/h10-11H,1-9H2;/q-1;+3. The van der Waals surface area contributed by atoms with Crippen LogP contribution in [0, 0.1) is 6.92 Å². The minimum Gasteiger partial charge on any atom is -0.342 e. The van der Waals surface area contributed by atoms with Gasteiger partial charge in [0.05, 0.1) is 0 Å². The summed E-state index contributed by atoms with van der Waals surface area (Å²) >= 11 is 0. The summed E-state index contributed by atoms with van der Waals surface area (Å²) in [7, 11) is 0. The Balaban J connectivity index is 0. The number of nitrogens with two attached hydrogens (primary N) is 1. The molecule has 0 unspecified atom stereocenters. The van der Waals surface area contributed by atoms with E-state index >= 15 is 0 Å². The van der Waals surface area contributed by atoms with Crippen molar-refractivity contribution in [1.82, 2.24) is 10.6 Å². The topological polar surface area (TPSA) is 50.1 Å². The Kier molecular flexibility index (Phi) is 18.7. The van der Waals surface area contributed by atoms with Gasteiger partial charge in [0.2, 0.25) is 0 Å². The summed E-state index contributed by atoms with van der Waals surface area (Å²) in [4.78, 5) is 0. The molecule has 0 spiro atoms. The smallest absolute Gasteiger partial charge is 0.342 e. The number of hydrogen-bond donors (Lipinski definition) is 3. The second-order valence-corrected chi connectivity index (χ2v) is 2.50. The SMILES string of the molecule is [CH2-]CCNCCNCCCN.[Y+3]. The van der Waals surface area contributed by atoms with Gasteiger partial charge < -0.3 is 23.3 Å². The van der Waals surface area contributed by atoms with Crippen molar-refractivity contribution in [1.29, 1.82) is 0 Å². The first kappa shape index (κ1) is 15.5. The number of rotatable bonds is 8. The van der Waals surface area contributed by atoms with Crippen molar-refractivity contribution >= 4 is 0 Å². The molecule has 4 N–H and O–H groups in total. The van der Waals surface area contributed by atoms with Crippen LogP contribution in [0.2, 0.25) is 0 Å². The normalized spacial score (nSPS) is 9.50. The van der Waals surface area contributed by atoms with E-state index in [9.17, 15) is 0 Å². The molecule has 0 rings (SSSR count). The fraction of sp³-hybridized carbons (Fsp3) is 0.875. The molecule has 0 aromatic rings. The third-order valence-corrected chi connectivity index (χ3v) is 1.39. The first-order valence-corrected chi connectivity index (χ1v) is 4.32. The Labute approximate surface area is 101 Å². The molecular formula is C8H20N3Y+2. The summed E-state index contributed by atoms with van der Waals surface area (Å²) in [6.07, 6.45) is 2.03. The summed E-state index contributed by atoms with van der Waals surface area (Å²) in [5.74, 6) is 0. The van der Waals surface area contributed by atoms with E-state index < -0.39 is 0 Å². The van der Waals surface area contributed by atoms with Gasteiger partial charge >= 0.3 is 32.7 Å². The zero-order chi connectivity index (χ0) is 8.36. The first-order valence-electron chi connectivity index (χ1n) is 4.32. The summed E-state index contributed by atoms with van der Waals surface area (Å²) < 4.78 is 0. The molecule has 0 fully saturated rings. The summed E-state index contributed by atoms with van der Waals surface area (Å²) in [5.41, 5.74) is 5.33. The van der Waals surface area contributed by atoms with Gasteiger partial charge in [0, 0.05) is 13.1 Å². The summed E-state index contributed by atoms with van der Waals surface area (Å²) in [6.45, 7) is 8.61. The molecule has 0 aromatic heterocycles. The van der Waals surface area contributed by atoms with Crippen molar-refractivity contribution in [3.63, 3.8) is 0 Å². The third kappa shape index (κ3) is 13.6. The zero-order valence-electron chi connectivity index (χ0n) is 7.81. The molecule has 0 bridgehead atoms. The Morgan fingerprint density at radius 2 is 1.58 bits per heavy atom. The van der Waals surface area contributed by atoms with Gasteiger partial charge in [-0.3, -0.25) is 0 Å². The Bertz CT molecular complexity index is 63.3.